The van der Waals surface area contributed by atoms with Crippen LogP contribution in [0.4, 0.5) is 10.6 Å². The number of aromatic nitrogens is 3. The number of nitrogens with zero attached hydrogens (tertiary/aromatic N) is 3. The van der Waals surface area contributed by atoms with Crippen LogP contribution < -0.4 is 10.1 Å². The molecule has 0 bridgehead atoms. The molecule has 4 aromatic rings. The first-order chi connectivity index (χ1) is 18.0. The molecule has 0 saturated carbocycles. The number of hydrogen-bond donors (Lipinski definition) is 3. The number of aliphatic hydroxyl groups is 1. The van der Waals surface area contributed by atoms with Crippen molar-refractivity contribution < 1.29 is 24.5 Å². The first kappa shape index (κ1) is 25.8. The summed E-state index contributed by atoms with van der Waals surface area (Å²) < 4.78 is 6.99. The molecule has 9 heteroatoms. The van der Waals surface area contributed by atoms with Crippen molar-refractivity contribution in [2.24, 2.45) is 0 Å². The van der Waals surface area contributed by atoms with E-state index in [2.05, 4.69) is 16.8 Å². The number of benzene rings is 2. The number of aliphatic hydroxyl groups excluding tert-OH is 1. The highest BCUT2D eigenvalue weighted by Gasteiger charge is 2.15. The van der Waals surface area contributed by atoms with E-state index in [9.17, 15) is 9.59 Å². The van der Waals surface area contributed by atoms with Gasteiger partial charge in [0.1, 0.15) is 22.9 Å². The third kappa shape index (κ3) is 6.50. The van der Waals surface area contributed by atoms with Gasteiger partial charge in [0.25, 0.3) is 0 Å². The average Bonchev–Trinajstić information content (AvgIpc) is 3.21. The number of amides is 1. The molecule has 0 fully saturated rings. The van der Waals surface area contributed by atoms with Crippen molar-refractivity contribution in [2.75, 3.05) is 11.9 Å². The summed E-state index contributed by atoms with van der Waals surface area (Å²) in [7, 11) is 0. The van der Waals surface area contributed by atoms with E-state index in [0.717, 1.165) is 35.3 Å². The van der Waals surface area contributed by atoms with Crippen LogP contribution in [0.15, 0.2) is 60.7 Å². The Labute approximate surface area is 214 Å². The maximum absolute atomic E-state index is 12.2. The Kier molecular flexibility index (Phi) is 8.48. The normalized spacial score (nSPS) is 11.0. The van der Waals surface area contributed by atoms with Gasteiger partial charge in [-0.2, -0.15) is 0 Å². The van der Waals surface area contributed by atoms with Gasteiger partial charge < -0.3 is 24.8 Å². The van der Waals surface area contributed by atoms with E-state index in [4.69, 9.17) is 24.9 Å². The molecule has 0 radical (unpaired) electrons. The monoisotopic (exact) mass is 502 g/mol. The van der Waals surface area contributed by atoms with Crippen LogP contribution >= 0.6 is 0 Å². The summed E-state index contributed by atoms with van der Waals surface area (Å²) >= 11 is 0. The van der Waals surface area contributed by atoms with Gasteiger partial charge in [-0.25, -0.2) is 14.8 Å². The Morgan fingerprint density at radius 2 is 1.78 bits per heavy atom. The molecule has 2 aromatic heterocycles. The summed E-state index contributed by atoms with van der Waals surface area (Å²) in [6.45, 7) is 2.71. The molecular formula is C28H30N4O5. The fourth-order valence-electron chi connectivity index (χ4n) is 4.16. The zero-order chi connectivity index (χ0) is 26.2. The SMILES string of the molecule is CCCc1nc2ccc(NC(=O)CCCCO)nc2n1Cc1ccc(-c2ccccc2OC(=O)O)cc1. The Hall–Kier alpha value is -4.24. The lowest BCUT2D eigenvalue weighted by molar-refractivity contribution is -0.116. The zero-order valence-electron chi connectivity index (χ0n) is 20.7. The van der Waals surface area contributed by atoms with Crippen molar-refractivity contribution in [2.45, 2.75) is 45.6 Å². The van der Waals surface area contributed by atoms with Gasteiger partial charge in [0.2, 0.25) is 5.91 Å². The van der Waals surface area contributed by atoms with Gasteiger partial charge in [-0.15, -0.1) is 0 Å². The van der Waals surface area contributed by atoms with Gasteiger partial charge in [-0.3, -0.25) is 4.79 Å². The number of aryl methyl sites for hydroxylation is 1. The van der Waals surface area contributed by atoms with Crippen LogP contribution in [0, 0.1) is 0 Å². The largest absolute Gasteiger partial charge is 0.511 e. The summed E-state index contributed by atoms with van der Waals surface area (Å²) in [4.78, 5) is 32.8. The van der Waals surface area contributed by atoms with Crippen LogP contribution in [0.5, 0.6) is 5.75 Å². The molecule has 0 aliphatic rings. The Bertz CT molecular complexity index is 1380. The molecule has 3 N–H and O–H groups in total. The topological polar surface area (TPSA) is 127 Å². The van der Waals surface area contributed by atoms with Gasteiger partial charge in [0, 0.05) is 25.0 Å². The second-order valence-electron chi connectivity index (χ2n) is 8.69. The minimum atomic E-state index is -1.35. The van der Waals surface area contributed by atoms with Crippen LogP contribution in [0.3, 0.4) is 0 Å². The fraction of sp³-hybridized carbons (Fsp3) is 0.286. The third-order valence-electron chi connectivity index (χ3n) is 5.91. The molecule has 0 aliphatic carbocycles. The number of para-hydroxylation sites is 1. The van der Waals surface area contributed by atoms with Gasteiger partial charge >= 0.3 is 6.16 Å². The van der Waals surface area contributed by atoms with Crippen molar-refractivity contribution in [3.05, 3.63) is 72.1 Å². The number of fused-ring (bicyclic) bond motifs is 1. The fourth-order valence-corrected chi connectivity index (χ4v) is 4.16. The number of carbonyl (C=O) groups excluding carboxylic acids is 1. The Morgan fingerprint density at radius 3 is 2.51 bits per heavy atom. The summed E-state index contributed by atoms with van der Waals surface area (Å²) in [5.74, 6) is 1.53. The number of unbranched alkanes of at least 4 members (excludes halogenated alkanes) is 1. The number of carboxylic acid groups (broad SMARTS) is 1. The Morgan fingerprint density at radius 1 is 1.00 bits per heavy atom. The van der Waals surface area contributed by atoms with Crippen molar-refractivity contribution in [1.82, 2.24) is 14.5 Å². The van der Waals surface area contributed by atoms with Crippen LogP contribution in [0.2, 0.25) is 0 Å². The first-order valence-corrected chi connectivity index (χ1v) is 12.3. The molecule has 192 valence electrons. The summed E-state index contributed by atoms with van der Waals surface area (Å²) in [6, 6.07) is 18.5. The van der Waals surface area contributed by atoms with E-state index >= 15 is 0 Å². The van der Waals surface area contributed by atoms with Crippen molar-refractivity contribution in [3.8, 4) is 16.9 Å². The lowest BCUT2D eigenvalue weighted by Crippen LogP contribution is -2.13. The number of anilines is 1. The summed E-state index contributed by atoms with van der Waals surface area (Å²) in [5.41, 5.74) is 4.02. The second kappa shape index (κ2) is 12.1. The second-order valence-corrected chi connectivity index (χ2v) is 8.69. The maximum Gasteiger partial charge on any atom is 0.511 e. The average molecular weight is 503 g/mol. The molecule has 0 aliphatic heterocycles. The number of imidazole rings is 1. The minimum absolute atomic E-state index is 0.0699. The molecule has 2 heterocycles. The van der Waals surface area contributed by atoms with E-state index in [1.807, 2.05) is 42.5 Å². The van der Waals surface area contributed by atoms with Gasteiger partial charge in [-0.1, -0.05) is 49.4 Å². The number of pyridine rings is 1. The first-order valence-electron chi connectivity index (χ1n) is 12.3. The van der Waals surface area contributed by atoms with Gasteiger partial charge in [-0.05, 0) is 48.6 Å². The van der Waals surface area contributed by atoms with Crippen molar-refractivity contribution in [3.63, 3.8) is 0 Å². The number of hydrogen-bond acceptors (Lipinski definition) is 6. The smallest absolute Gasteiger partial charge is 0.449 e. The Balaban J connectivity index is 1.59. The molecule has 0 spiro atoms. The quantitative estimate of drug-likeness (QED) is 0.145. The zero-order valence-corrected chi connectivity index (χ0v) is 20.7. The van der Waals surface area contributed by atoms with E-state index in [0.29, 0.717) is 42.8 Å². The maximum atomic E-state index is 12.2. The molecule has 2 aromatic carbocycles. The minimum Gasteiger partial charge on any atom is -0.449 e. The van der Waals surface area contributed by atoms with Crippen molar-refractivity contribution >= 4 is 29.0 Å². The molecule has 0 atom stereocenters. The van der Waals surface area contributed by atoms with Crippen LogP contribution in [-0.4, -0.2) is 43.4 Å². The standard InChI is InChI=1S/C28H30N4O5/c1-2-7-25-29-22-15-16-24(30-26(34)10-5-6-17-33)31-27(22)32(25)18-19-11-13-20(14-12-19)21-8-3-4-9-23(21)37-28(35)36/h3-4,8-9,11-16,33H,2,5-7,10,17-18H2,1H3,(H,35,36)(H,30,31,34). The van der Waals surface area contributed by atoms with E-state index < -0.39 is 6.16 Å². The number of nitrogens with one attached hydrogen (secondary N) is 1. The molecule has 37 heavy (non-hydrogen) atoms. The molecule has 4 rings (SSSR count). The van der Waals surface area contributed by atoms with Crippen molar-refractivity contribution in [1.29, 1.82) is 0 Å². The lowest BCUT2D eigenvalue weighted by atomic mass is 10.0. The number of ether oxygens (including phenoxy) is 1. The van der Waals surface area contributed by atoms with E-state index in [1.54, 1.807) is 18.2 Å². The highest BCUT2D eigenvalue weighted by molar-refractivity contribution is 5.90. The van der Waals surface area contributed by atoms with Crippen LogP contribution in [0.25, 0.3) is 22.3 Å². The molecule has 9 nitrogen and oxygen atoms in total. The summed E-state index contributed by atoms with van der Waals surface area (Å²) in [5, 5.41) is 20.8. The molecule has 0 unspecified atom stereocenters. The molecule has 0 saturated heterocycles. The van der Waals surface area contributed by atoms with Gasteiger partial charge in [0.05, 0.1) is 6.54 Å². The predicted molar refractivity (Wildman–Crippen MR) is 141 cm³/mol. The summed E-state index contributed by atoms with van der Waals surface area (Å²) in [6.07, 6.45) is 1.89. The van der Waals surface area contributed by atoms with E-state index in [-0.39, 0.29) is 18.3 Å². The van der Waals surface area contributed by atoms with Gasteiger partial charge in [0.15, 0.2) is 5.65 Å². The highest BCUT2D eigenvalue weighted by Crippen LogP contribution is 2.30. The van der Waals surface area contributed by atoms with Crippen LogP contribution in [0.1, 0.15) is 44.0 Å². The predicted octanol–water partition coefficient (Wildman–Crippen LogP) is 5.26. The molecule has 1 amide bonds. The van der Waals surface area contributed by atoms with E-state index in [1.165, 1.54) is 0 Å². The molecular weight excluding hydrogens is 472 g/mol. The number of carbonyl (C=O) groups is 2. The number of rotatable bonds is 11. The lowest BCUT2D eigenvalue weighted by Gasteiger charge is -2.11. The third-order valence-corrected chi connectivity index (χ3v) is 5.91. The van der Waals surface area contributed by atoms with Crippen LogP contribution in [-0.2, 0) is 17.8 Å². The highest BCUT2D eigenvalue weighted by atomic mass is 16.7.